The smallest absolute Gasteiger partial charge is 0.286 e. The first kappa shape index (κ1) is 9.52. The van der Waals surface area contributed by atoms with Gasteiger partial charge in [0.05, 0.1) is 5.60 Å². The van der Waals surface area contributed by atoms with Crippen molar-refractivity contribution >= 4 is 0 Å². The van der Waals surface area contributed by atoms with Gasteiger partial charge < -0.3 is 5.11 Å². The number of pyridine rings is 1. The second-order valence-corrected chi connectivity index (χ2v) is 3.85. The van der Waals surface area contributed by atoms with Crippen LogP contribution in [0.5, 0.6) is 0 Å². The van der Waals surface area contributed by atoms with E-state index in [2.05, 4.69) is 4.98 Å². The molecule has 1 saturated carbocycles. The average molecular weight is 199 g/mol. The Bertz CT molecular complexity index is 335. The minimum Gasteiger partial charge on any atom is -0.385 e. The maximum atomic E-state index is 12.9. The number of aliphatic hydroxyl groups is 1. The molecule has 0 saturated heterocycles. The highest BCUT2D eigenvalue weighted by Crippen LogP contribution is 2.45. The summed E-state index contributed by atoms with van der Waals surface area (Å²) in [7, 11) is 0. The highest BCUT2D eigenvalue weighted by molar-refractivity contribution is 5.29. The standard InChI is InChI=1S/C10H11F2NO/c1-9(11,12)8-6-7(2-5-13-8)10(14)3-4-10/h2,5-6,14H,3-4H2,1H3. The molecular weight excluding hydrogens is 188 g/mol. The van der Waals surface area contributed by atoms with E-state index in [1.54, 1.807) is 6.07 Å². The van der Waals surface area contributed by atoms with E-state index in [1.807, 2.05) is 0 Å². The summed E-state index contributed by atoms with van der Waals surface area (Å²) >= 11 is 0. The SMILES string of the molecule is CC(F)(F)c1cc(C2(O)CC2)ccn1. The Balaban J connectivity index is 2.37. The number of hydrogen-bond acceptors (Lipinski definition) is 2. The van der Waals surface area contributed by atoms with Crippen LogP contribution in [0.25, 0.3) is 0 Å². The fourth-order valence-electron chi connectivity index (χ4n) is 1.37. The second kappa shape index (κ2) is 2.73. The third kappa shape index (κ3) is 1.62. The fraction of sp³-hybridized carbons (Fsp3) is 0.500. The van der Waals surface area contributed by atoms with E-state index in [0.717, 1.165) is 6.92 Å². The Hall–Kier alpha value is -1.03. The van der Waals surface area contributed by atoms with Crippen LogP contribution in [0.3, 0.4) is 0 Å². The van der Waals surface area contributed by atoms with Crippen molar-refractivity contribution in [3.05, 3.63) is 29.6 Å². The molecule has 0 unspecified atom stereocenters. The molecule has 14 heavy (non-hydrogen) atoms. The van der Waals surface area contributed by atoms with Crippen molar-refractivity contribution in [3.8, 4) is 0 Å². The van der Waals surface area contributed by atoms with Crippen LogP contribution in [0.4, 0.5) is 8.78 Å². The molecule has 76 valence electrons. The first-order chi connectivity index (χ1) is 6.42. The van der Waals surface area contributed by atoms with Gasteiger partial charge in [0.15, 0.2) is 0 Å². The number of alkyl halides is 2. The van der Waals surface area contributed by atoms with Crippen LogP contribution in [0.15, 0.2) is 18.3 Å². The Morgan fingerprint density at radius 3 is 2.64 bits per heavy atom. The summed E-state index contributed by atoms with van der Waals surface area (Å²) in [6.45, 7) is 0.802. The van der Waals surface area contributed by atoms with Gasteiger partial charge in [-0.3, -0.25) is 4.98 Å². The third-order valence-corrected chi connectivity index (χ3v) is 2.47. The topological polar surface area (TPSA) is 33.1 Å². The molecular formula is C10H11F2NO. The van der Waals surface area contributed by atoms with Crippen LogP contribution in [0.1, 0.15) is 31.0 Å². The maximum Gasteiger partial charge on any atom is 0.286 e. The van der Waals surface area contributed by atoms with Crippen molar-refractivity contribution in [1.29, 1.82) is 0 Å². The molecule has 4 heteroatoms. The molecule has 1 heterocycles. The summed E-state index contributed by atoms with van der Waals surface area (Å²) < 4.78 is 25.8. The molecule has 2 nitrogen and oxygen atoms in total. The van der Waals surface area contributed by atoms with E-state index >= 15 is 0 Å². The summed E-state index contributed by atoms with van der Waals surface area (Å²) in [6.07, 6.45) is 2.61. The van der Waals surface area contributed by atoms with E-state index in [0.29, 0.717) is 18.4 Å². The first-order valence-corrected chi connectivity index (χ1v) is 4.49. The van der Waals surface area contributed by atoms with Crippen molar-refractivity contribution in [3.63, 3.8) is 0 Å². The molecule has 0 radical (unpaired) electrons. The van der Waals surface area contributed by atoms with Crippen LogP contribution in [0, 0.1) is 0 Å². The quantitative estimate of drug-likeness (QED) is 0.791. The number of hydrogen-bond donors (Lipinski definition) is 1. The van der Waals surface area contributed by atoms with Crippen LogP contribution in [-0.2, 0) is 11.5 Å². The van der Waals surface area contributed by atoms with Gasteiger partial charge in [-0.1, -0.05) is 0 Å². The van der Waals surface area contributed by atoms with Gasteiger partial charge in [-0.25, -0.2) is 0 Å². The molecule has 0 amide bonds. The van der Waals surface area contributed by atoms with Crippen molar-refractivity contribution < 1.29 is 13.9 Å². The summed E-state index contributed by atoms with van der Waals surface area (Å²) in [5.41, 5.74) is -0.609. The highest BCUT2D eigenvalue weighted by Gasteiger charge is 2.43. The van der Waals surface area contributed by atoms with Crippen molar-refractivity contribution in [2.45, 2.75) is 31.3 Å². The number of aromatic nitrogens is 1. The van der Waals surface area contributed by atoms with Crippen molar-refractivity contribution in [1.82, 2.24) is 4.98 Å². The fourth-order valence-corrected chi connectivity index (χ4v) is 1.37. The summed E-state index contributed by atoms with van der Waals surface area (Å²) in [6, 6.07) is 2.87. The maximum absolute atomic E-state index is 12.9. The molecule has 0 spiro atoms. The predicted octanol–water partition coefficient (Wildman–Crippen LogP) is 2.17. The molecule has 0 aliphatic heterocycles. The zero-order chi connectivity index (χ0) is 10.4. The van der Waals surface area contributed by atoms with Gasteiger partial charge in [-0.05, 0) is 30.5 Å². The van der Waals surface area contributed by atoms with E-state index < -0.39 is 11.5 Å². The zero-order valence-electron chi connectivity index (χ0n) is 7.80. The Morgan fingerprint density at radius 1 is 1.50 bits per heavy atom. The number of nitrogens with zero attached hydrogens (tertiary/aromatic N) is 1. The minimum absolute atomic E-state index is 0.282. The van der Waals surface area contributed by atoms with Crippen LogP contribution in [-0.4, -0.2) is 10.1 Å². The Kier molecular flexibility index (Phi) is 1.86. The molecule has 1 fully saturated rings. The summed E-state index contributed by atoms with van der Waals surface area (Å²) in [4.78, 5) is 3.59. The van der Waals surface area contributed by atoms with Gasteiger partial charge >= 0.3 is 0 Å². The monoisotopic (exact) mass is 199 g/mol. The van der Waals surface area contributed by atoms with E-state index in [1.165, 1.54) is 12.3 Å². The molecule has 0 aromatic carbocycles. The van der Waals surface area contributed by atoms with Gasteiger partial charge in [0.1, 0.15) is 5.69 Å². The van der Waals surface area contributed by atoms with Gasteiger partial charge in [0, 0.05) is 13.1 Å². The van der Waals surface area contributed by atoms with Gasteiger partial charge in [0.25, 0.3) is 5.92 Å². The lowest BCUT2D eigenvalue weighted by Crippen LogP contribution is -2.12. The number of rotatable bonds is 2. The zero-order valence-corrected chi connectivity index (χ0v) is 7.80. The van der Waals surface area contributed by atoms with E-state index in [-0.39, 0.29) is 5.69 Å². The molecule has 1 N–H and O–H groups in total. The molecule has 1 aromatic rings. The first-order valence-electron chi connectivity index (χ1n) is 4.49. The molecule has 1 aliphatic carbocycles. The van der Waals surface area contributed by atoms with Crippen LogP contribution >= 0.6 is 0 Å². The normalized spacial score (nSPS) is 19.4. The summed E-state index contributed by atoms with van der Waals surface area (Å²) in [5.74, 6) is -2.94. The van der Waals surface area contributed by atoms with Gasteiger partial charge in [-0.2, -0.15) is 8.78 Å². The molecule has 0 atom stereocenters. The van der Waals surface area contributed by atoms with Crippen LogP contribution in [0.2, 0.25) is 0 Å². The largest absolute Gasteiger partial charge is 0.385 e. The average Bonchev–Trinajstić information content (AvgIpc) is 2.84. The lowest BCUT2D eigenvalue weighted by atomic mass is 10.1. The second-order valence-electron chi connectivity index (χ2n) is 3.85. The van der Waals surface area contributed by atoms with Crippen LogP contribution < -0.4 is 0 Å². The van der Waals surface area contributed by atoms with E-state index in [9.17, 15) is 13.9 Å². The van der Waals surface area contributed by atoms with Crippen molar-refractivity contribution in [2.24, 2.45) is 0 Å². The minimum atomic E-state index is -2.94. The van der Waals surface area contributed by atoms with Gasteiger partial charge in [0.2, 0.25) is 0 Å². The highest BCUT2D eigenvalue weighted by atomic mass is 19.3. The third-order valence-electron chi connectivity index (χ3n) is 2.47. The Morgan fingerprint density at radius 2 is 2.14 bits per heavy atom. The lowest BCUT2D eigenvalue weighted by molar-refractivity contribution is 0.0124. The molecule has 0 bridgehead atoms. The lowest BCUT2D eigenvalue weighted by Gasteiger charge is -2.13. The summed E-state index contributed by atoms with van der Waals surface area (Å²) in [5, 5.41) is 9.72. The Labute approximate surface area is 80.6 Å². The van der Waals surface area contributed by atoms with E-state index in [4.69, 9.17) is 0 Å². The molecule has 1 aliphatic rings. The molecule has 1 aromatic heterocycles. The van der Waals surface area contributed by atoms with Gasteiger partial charge in [-0.15, -0.1) is 0 Å². The number of halogens is 2. The van der Waals surface area contributed by atoms with Crippen molar-refractivity contribution in [2.75, 3.05) is 0 Å². The molecule has 2 rings (SSSR count). The predicted molar refractivity (Wildman–Crippen MR) is 46.9 cm³/mol.